The van der Waals surface area contributed by atoms with Gasteiger partial charge in [0.1, 0.15) is 6.20 Å². The molecule has 1 aromatic heterocycles. The van der Waals surface area contributed by atoms with Crippen molar-refractivity contribution < 1.29 is 9.72 Å². The van der Waals surface area contributed by atoms with Crippen LogP contribution in [0.1, 0.15) is 15.9 Å². The third-order valence-corrected chi connectivity index (χ3v) is 2.90. The molecule has 0 bridgehead atoms. The zero-order valence-electron chi connectivity index (χ0n) is 11.5. The molecule has 1 heterocycles. The lowest BCUT2D eigenvalue weighted by atomic mass is 10.1. The molecule has 2 rings (SSSR count). The summed E-state index contributed by atoms with van der Waals surface area (Å²) in [5.74, 6) is -0.478. The largest absolute Gasteiger partial charge is 0.378 e. The number of aromatic nitrogens is 2. The van der Waals surface area contributed by atoms with Crippen LogP contribution < -0.4 is 16.8 Å². The van der Waals surface area contributed by atoms with Gasteiger partial charge in [-0.25, -0.2) is 4.98 Å². The van der Waals surface area contributed by atoms with Crippen molar-refractivity contribution >= 4 is 23.4 Å². The van der Waals surface area contributed by atoms with E-state index in [1.807, 2.05) is 6.07 Å². The zero-order chi connectivity index (χ0) is 16.1. The summed E-state index contributed by atoms with van der Waals surface area (Å²) in [6, 6.07) is 6.95. The van der Waals surface area contributed by atoms with Crippen LogP contribution in [0.25, 0.3) is 0 Å². The number of anilines is 2. The van der Waals surface area contributed by atoms with Crippen molar-refractivity contribution in [2.75, 3.05) is 17.6 Å². The number of nitrogens with zero attached hydrogens (tertiary/aromatic N) is 3. The highest BCUT2D eigenvalue weighted by atomic mass is 16.6. The first-order chi connectivity index (χ1) is 10.5. The number of carbonyl (C=O) groups excluding carboxylic acids is 1. The van der Waals surface area contributed by atoms with Gasteiger partial charge in [0.25, 0.3) is 0 Å². The van der Waals surface area contributed by atoms with Gasteiger partial charge in [-0.2, -0.15) is 4.98 Å². The Balaban J connectivity index is 1.96. The van der Waals surface area contributed by atoms with E-state index in [9.17, 15) is 14.9 Å². The SMILES string of the molecule is NC(=O)c1cccc(CCNc2ncc([N+](=O)[O-])c(N)n2)c1. The number of amides is 1. The summed E-state index contributed by atoms with van der Waals surface area (Å²) in [6.45, 7) is 0.472. The van der Waals surface area contributed by atoms with Gasteiger partial charge >= 0.3 is 5.69 Å². The quantitative estimate of drug-likeness (QED) is 0.525. The third-order valence-electron chi connectivity index (χ3n) is 2.90. The molecule has 0 spiro atoms. The van der Waals surface area contributed by atoms with Crippen LogP contribution in [0.5, 0.6) is 0 Å². The predicted molar refractivity (Wildman–Crippen MR) is 80.3 cm³/mol. The number of primary amides is 1. The van der Waals surface area contributed by atoms with E-state index in [1.165, 1.54) is 0 Å². The van der Waals surface area contributed by atoms with Gasteiger partial charge in [-0.05, 0) is 24.1 Å². The Labute approximate surface area is 125 Å². The van der Waals surface area contributed by atoms with Crippen molar-refractivity contribution in [3.63, 3.8) is 0 Å². The number of carbonyl (C=O) groups is 1. The molecule has 0 fully saturated rings. The average molecular weight is 302 g/mol. The van der Waals surface area contributed by atoms with Crippen LogP contribution >= 0.6 is 0 Å². The molecule has 0 saturated carbocycles. The molecule has 0 unspecified atom stereocenters. The number of nitrogens with one attached hydrogen (secondary N) is 1. The van der Waals surface area contributed by atoms with E-state index in [0.29, 0.717) is 18.5 Å². The maximum atomic E-state index is 11.1. The van der Waals surface area contributed by atoms with Crippen molar-refractivity contribution in [1.29, 1.82) is 0 Å². The Morgan fingerprint density at radius 2 is 2.18 bits per heavy atom. The minimum atomic E-state index is -0.644. The molecule has 1 amide bonds. The van der Waals surface area contributed by atoms with E-state index in [4.69, 9.17) is 11.5 Å². The van der Waals surface area contributed by atoms with Crippen LogP contribution in [0.4, 0.5) is 17.5 Å². The molecule has 9 nitrogen and oxygen atoms in total. The molecule has 0 radical (unpaired) electrons. The van der Waals surface area contributed by atoms with Gasteiger partial charge in [-0.3, -0.25) is 14.9 Å². The highest BCUT2D eigenvalue weighted by Crippen LogP contribution is 2.18. The monoisotopic (exact) mass is 302 g/mol. The van der Waals surface area contributed by atoms with Gasteiger partial charge in [0.05, 0.1) is 4.92 Å². The van der Waals surface area contributed by atoms with E-state index in [-0.39, 0.29) is 17.5 Å². The minimum absolute atomic E-state index is 0.196. The van der Waals surface area contributed by atoms with Gasteiger partial charge in [0.2, 0.25) is 17.7 Å². The van der Waals surface area contributed by atoms with Crippen molar-refractivity contribution in [3.05, 3.63) is 51.7 Å². The third kappa shape index (κ3) is 3.66. The fourth-order valence-corrected chi connectivity index (χ4v) is 1.81. The molecular weight excluding hydrogens is 288 g/mol. The summed E-state index contributed by atoms with van der Waals surface area (Å²) in [5, 5.41) is 13.5. The van der Waals surface area contributed by atoms with E-state index < -0.39 is 10.8 Å². The normalized spacial score (nSPS) is 10.2. The van der Waals surface area contributed by atoms with Gasteiger partial charge in [0, 0.05) is 12.1 Å². The van der Waals surface area contributed by atoms with Crippen molar-refractivity contribution in [1.82, 2.24) is 9.97 Å². The fourth-order valence-electron chi connectivity index (χ4n) is 1.81. The van der Waals surface area contributed by atoms with Gasteiger partial charge in [-0.15, -0.1) is 0 Å². The minimum Gasteiger partial charge on any atom is -0.378 e. The maximum Gasteiger partial charge on any atom is 0.329 e. The Kier molecular flexibility index (Phi) is 4.47. The lowest BCUT2D eigenvalue weighted by molar-refractivity contribution is -0.384. The van der Waals surface area contributed by atoms with E-state index in [2.05, 4.69) is 15.3 Å². The van der Waals surface area contributed by atoms with E-state index in [1.54, 1.807) is 18.2 Å². The zero-order valence-corrected chi connectivity index (χ0v) is 11.5. The molecule has 0 saturated heterocycles. The molecule has 0 atom stereocenters. The van der Waals surface area contributed by atoms with Crippen LogP contribution in [-0.4, -0.2) is 27.3 Å². The second-order valence-corrected chi connectivity index (χ2v) is 4.46. The number of nitro groups is 1. The summed E-state index contributed by atoms with van der Waals surface area (Å²) in [5.41, 5.74) is 11.7. The van der Waals surface area contributed by atoms with Crippen LogP contribution in [0.3, 0.4) is 0 Å². The summed E-state index contributed by atoms with van der Waals surface area (Å²) in [4.78, 5) is 28.7. The Bertz CT molecular complexity index is 719. The number of nitrogen functional groups attached to an aromatic ring is 1. The van der Waals surface area contributed by atoms with Crippen molar-refractivity contribution in [3.8, 4) is 0 Å². The molecule has 114 valence electrons. The second-order valence-electron chi connectivity index (χ2n) is 4.46. The molecule has 5 N–H and O–H groups in total. The Morgan fingerprint density at radius 3 is 2.82 bits per heavy atom. The van der Waals surface area contributed by atoms with E-state index >= 15 is 0 Å². The number of benzene rings is 1. The number of nitrogens with two attached hydrogens (primary N) is 2. The van der Waals surface area contributed by atoms with Gasteiger partial charge in [0.15, 0.2) is 0 Å². The fraction of sp³-hybridized carbons (Fsp3) is 0.154. The van der Waals surface area contributed by atoms with Crippen molar-refractivity contribution in [2.45, 2.75) is 6.42 Å². The number of rotatable bonds is 6. The number of hydrogen-bond donors (Lipinski definition) is 3. The average Bonchev–Trinajstić information content (AvgIpc) is 2.47. The van der Waals surface area contributed by atoms with Crippen LogP contribution in [0.15, 0.2) is 30.5 Å². The van der Waals surface area contributed by atoms with Gasteiger partial charge < -0.3 is 16.8 Å². The second kappa shape index (κ2) is 6.48. The molecule has 0 aliphatic rings. The summed E-state index contributed by atoms with van der Waals surface area (Å²) in [6.07, 6.45) is 1.65. The molecule has 1 aromatic carbocycles. The Hall–Kier alpha value is -3.23. The first kappa shape index (κ1) is 15.2. The lowest BCUT2D eigenvalue weighted by Gasteiger charge is -2.06. The predicted octanol–water partition coefficient (Wildman–Crippen LogP) is 0.720. The Morgan fingerprint density at radius 1 is 1.41 bits per heavy atom. The topological polar surface area (TPSA) is 150 Å². The maximum absolute atomic E-state index is 11.1. The van der Waals surface area contributed by atoms with Gasteiger partial charge in [-0.1, -0.05) is 12.1 Å². The summed E-state index contributed by atoms with van der Waals surface area (Å²) >= 11 is 0. The molecule has 2 aromatic rings. The molecular formula is C13H14N6O3. The first-order valence-corrected chi connectivity index (χ1v) is 6.37. The lowest BCUT2D eigenvalue weighted by Crippen LogP contribution is -2.12. The molecule has 22 heavy (non-hydrogen) atoms. The van der Waals surface area contributed by atoms with Crippen LogP contribution in [0.2, 0.25) is 0 Å². The summed E-state index contributed by atoms with van der Waals surface area (Å²) < 4.78 is 0. The highest BCUT2D eigenvalue weighted by molar-refractivity contribution is 5.92. The molecule has 9 heteroatoms. The van der Waals surface area contributed by atoms with Crippen LogP contribution in [-0.2, 0) is 6.42 Å². The standard InChI is InChI=1S/C13H14N6O3/c14-11-10(19(21)22)7-17-13(18-11)16-5-4-8-2-1-3-9(6-8)12(15)20/h1-3,6-7H,4-5H2,(H2,15,20)(H3,14,16,17,18). The van der Waals surface area contributed by atoms with Crippen LogP contribution in [0, 0.1) is 10.1 Å². The highest BCUT2D eigenvalue weighted by Gasteiger charge is 2.13. The summed E-state index contributed by atoms with van der Waals surface area (Å²) in [7, 11) is 0. The first-order valence-electron chi connectivity index (χ1n) is 6.37. The smallest absolute Gasteiger partial charge is 0.329 e. The van der Waals surface area contributed by atoms with E-state index in [0.717, 1.165) is 11.8 Å². The molecule has 0 aliphatic carbocycles. The van der Waals surface area contributed by atoms with Crippen molar-refractivity contribution in [2.24, 2.45) is 5.73 Å². The number of hydrogen-bond acceptors (Lipinski definition) is 7. The molecule has 0 aliphatic heterocycles.